The highest BCUT2D eigenvalue weighted by atomic mass is 16.6. The molecule has 0 aliphatic carbocycles. The van der Waals surface area contributed by atoms with Crippen molar-refractivity contribution < 1.29 is 19.7 Å². The molecule has 4 nitrogen and oxygen atoms in total. The minimum absolute atomic E-state index is 0.100. The van der Waals surface area contributed by atoms with Crippen molar-refractivity contribution in [2.75, 3.05) is 0 Å². The zero-order valence-electron chi connectivity index (χ0n) is 13.5. The van der Waals surface area contributed by atoms with E-state index in [9.17, 15) is 15.0 Å². The molecule has 22 heavy (non-hydrogen) atoms. The highest BCUT2D eigenvalue weighted by Crippen LogP contribution is 2.13. The first-order chi connectivity index (χ1) is 10.3. The summed E-state index contributed by atoms with van der Waals surface area (Å²) in [5.41, 5.74) is 0.498. The predicted molar refractivity (Wildman–Crippen MR) is 87.2 cm³/mol. The summed E-state index contributed by atoms with van der Waals surface area (Å²) in [5.74, 6) is -0.452. The van der Waals surface area contributed by atoms with Gasteiger partial charge in [-0.15, -0.1) is 0 Å². The Kier molecular flexibility index (Phi) is 7.28. The molecule has 0 aliphatic heterocycles. The van der Waals surface area contributed by atoms with E-state index in [0.29, 0.717) is 6.42 Å². The van der Waals surface area contributed by atoms with Gasteiger partial charge in [-0.05, 0) is 32.8 Å². The molecule has 0 aliphatic rings. The van der Waals surface area contributed by atoms with Crippen LogP contribution in [0, 0.1) is 0 Å². The number of ether oxygens (including phenoxy) is 1. The van der Waals surface area contributed by atoms with Gasteiger partial charge >= 0.3 is 5.97 Å². The predicted octanol–water partition coefficient (Wildman–Crippen LogP) is 2.93. The van der Waals surface area contributed by atoms with Crippen molar-refractivity contribution in [1.82, 2.24) is 0 Å². The van der Waals surface area contributed by atoms with Gasteiger partial charge in [0.1, 0.15) is 5.60 Å². The minimum atomic E-state index is -0.894. The number of hydrogen-bond donors (Lipinski definition) is 2. The Morgan fingerprint density at radius 3 is 2.41 bits per heavy atom. The van der Waals surface area contributed by atoms with E-state index >= 15 is 0 Å². The van der Waals surface area contributed by atoms with Crippen molar-refractivity contribution in [1.29, 1.82) is 0 Å². The monoisotopic (exact) mass is 306 g/mol. The van der Waals surface area contributed by atoms with Crippen molar-refractivity contribution in [3.05, 3.63) is 42.0 Å². The highest BCUT2D eigenvalue weighted by molar-refractivity contribution is 5.70. The molecular formula is C18H26O4. The molecule has 0 spiro atoms. The standard InChI is InChI=1S/C18H26O4/c1-18(2,3)22-17(21)13-16(20)12-15(19)11-7-10-14-8-5-4-6-9-14/h4-10,15-16,19-20H,11-13H2,1-3H3/b10-7+. The molecule has 0 radical (unpaired) electrons. The van der Waals surface area contributed by atoms with Crippen LogP contribution in [-0.4, -0.2) is 34.0 Å². The van der Waals surface area contributed by atoms with Crippen LogP contribution in [0.1, 0.15) is 45.6 Å². The zero-order chi connectivity index (χ0) is 16.6. The average Bonchev–Trinajstić information content (AvgIpc) is 2.37. The molecule has 2 atom stereocenters. The lowest BCUT2D eigenvalue weighted by molar-refractivity contribution is -0.157. The lowest BCUT2D eigenvalue weighted by atomic mass is 10.1. The van der Waals surface area contributed by atoms with E-state index in [2.05, 4.69) is 0 Å². The van der Waals surface area contributed by atoms with Gasteiger partial charge in [-0.1, -0.05) is 42.5 Å². The lowest BCUT2D eigenvalue weighted by Crippen LogP contribution is -2.28. The maximum atomic E-state index is 11.6. The van der Waals surface area contributed by atoms with E-state index in [1.165, 1.54) is 0 Å². The molecule has 122 valence electrons. The van der Waals surface area contributed by atoms with Gasteiger partial charge in [0.15, 0.2) is 0 Å². The summed E-state index contributed by atoms with van der Waals surface area (Å²) in [5, 5.41) is 19.7. The van der Waals surface area contributed by atoms with E-state index < -0.39 is 23.8 Å². The molecule has 0 amide bonds. The number of carbonyl (C=O) groups excluding carboxylic acids is 1. The Bertz CT molecular complexity index is 474. The van der Waals surface area contributed by atoms with Gasteiger partial charge in [-0.3, -0.25) is 4.79 Å². The first-order valence-corrected chi connectivity index (χ1v) is 7.56. The van der Waals surface area contributed by atoms with Crippen LogP contribution < -0.4 is 0 Å². The number of carbonyl (C=O) groups is 1. The van der Waals surface area contributed by atoms with Crippen molar-refractivity contribution >= 4 is 12.0 Å². The second kappa shape index (κ2) is 8.71. The van der Waals surface area contributed by atoms with Gasteiger partial charge in [-0.25, -0.2) is 0 Å². The van der Waals surface area contributed by atoms with Gasteiger partial charge in [0.05, 0.1) is 18.6 Å². The van der Waals surface area contributed by atoms with Gasteiger partial charge in [-0.2, -0.15) is 0 Å². The quantitative estimate of drug-likeness (QED) is 0.760. The summed E-state index contributed by atoms with van der Waals surface area (Å²) < 4.78 is 5.13. The second-order valence-electron chi connectivity index (χ2n) is 6.38. The van der Waals surface area contributed by atoms with Crippen LogP contribution in [-0.2, 0) is 9.53 Å². The summed E-state index contributed by atoms with van der Waals surface area (Å²) >= 11 is 0. The Morgan fingerprint density at radius 2 is 1.82 bits per heavy atom. The SMILES string of the molecule is CC(C)(C)OC(=O)CC(O)CC(O)C/C=C/c1ccccc1. The molecule has 2 N–H and O–H groups in total. The molecule has 0 aromatic heterocycles. The molecule has 0 saturated heterocycles. The fourth-order valence-corrected chi connectivity index (χ4v) is 1.99. The minimum Gasteiger partial charge on any atom is -0.460 e. The Balaban J connectivity index is 2.30. The Hall–Kier alpha value is -1.65. The lowest BCUT2D eigenvalue weighted by Gasteiger charge is -2.21. The van der Waals surface area contributed by atoms with E-state index in [-0.39, 0.29) is 12.8 Å². The number of esters is 1. The third-order valence-electron chi connectivity index (χ3n) is 2.88. The number of rotatable bonds is 7. The number of aliphatic hydroxyl groups is 2. The smallest absolute Gasteiger partial charge is 0.308 e. The normalized spacial score (nSPS) is 14.8. The molecule has 0 fully saturated rings. The van der Waals surface area contributed by atoms with E-state index in [0.717, 1.165) is 5.56 Å². The van der Waals surface area contributed by atoms with Crippen LogP contribution in [0.2, 0.25) is 0 Å². The first kappa shape index (κ1) is 18.4. The molecule has 0 heterocycles. The number of hydrogen-bond acceptors (Lipinski definition) is 4. The van der Waals surface area contributed by atoms with Gasteiger partial charge in [0.2, 0.25) is 0 Å². The van der Waals surface area contributed by atoms with Gasteiger partial charge in [0.25, 0.3) is 0 Å². The summed E-state index contributed by atoms with van der Waals surface area (Å²) in [6.07, 6.45) is 2.69. The molecule has 0 saturated carbocycles. The first-order valence-electron chi connectivity index (χ1n) is 7.56. The molecule has 1 aromatic rings. The zero-order valence-corrected chi connectivity index (χ0v) is 13.5. The third kappa shape index (κ3) is 8.60. The highest BCUT2D eigenvalue weighted by Gasteiger charge is 2.20. The summed E-state index contributed by atoms with van der Waals surface area (Å²) in [7, 11) is 0. The van der Waals surface area contributed by atoms with Gasteiger partial charge < -0.3 is 14.9 Å². The van der Waals surface area contributed by atoms with Crippen LogP contribution >= 0.6 is 0 Å². The summed E-state index contributed by atoms with van der Waals surface area (Å²) in [6, 6.07) is 9.78. The third-order valence-corrected chi connectivity index (χ3v) is 2.88. The Labute approximate surface area is 132 Å². The van der Waals surface area contributed by atoms with Crippen LogP contribution in [0.5, 0.6) is 0 Å². The second-order valence-corrected chi connectivity index (χ2v) is 6.38. The molecule has 0 bridgehead atoms. The molecule has 4 heteroatoms. The number of aliphatic hydroxyl groups excluding tert-OH is 2. The van der Waals surface area contributed by atoms with Crippen molar-refractivity contribution in [3.63, 3.8) is 0 Å². The summed E-state index contributed by atoms with van der Waals surface area (Å²) in [4.78, 5) is 11.6. The fourth-order valence-electron chi connectivity index (χ4n) is 1.99. The Morgan fingerprint density at radius 1 is 1.18 bits per heavy atom. The van der Waals surface area contributed by atoms with E-state index in [4.69, 9.17) is 4.74 Å². The average molecular weight is 306 g/mol. The maximum absolute atomic E-state index is 11.6. The number of benzene rings is 1. The van der Waals surface area contributed by atoms with Crippen LogP contribution in [0.3, 0.4) is 0 Å². The van der Waals surface area contributed by atoms with Crippen LogP contribution in [0.15, 0.2) is 36.4 Å². The van der Waals surface area contributed by atoms with Crippen molar-refractivity contribution in [3.8, 4) is 0 Å². The van der Waals surface area contributed by atoms with Crippen LogP contribution in [0.4, 0.5) is 0 Å². The largest absolute Gasteiger partial charge is 0.460 e. The molecule has 2 unspecified atom stereocenters. The maximum Gasteiger partial charge on any atom is 0.308 e. The van der Waals surface area contributed by atoms with Gasteiger partial charge in [0, 0.05) is 6.42 Å². The van der Waals surface area contributed by atoms with E-state index in [1.54, 1.807) is 20.8 Å². The van der Waals surface area contributed by atoms with Crippen molar-refractivity contribution in [2.45, 2.75) is 57.8 Å². The molecule has 1 rings (SSSR count). The topological polar surface area (TPSA) is 66.8 Å². The van der Waals surface area contributed by atoms with Crippen LogP contribution in [0.25, 0.3) is 6.08 Å². The van der Waals surface area contributed by atoms with E-state index in [1.807, 2.05) is 42.5 Å². The molecule has 1 aromatic carbocycles. The fraction of sp³-hybridized carbons (Fsp3) is 0.500. The summed E-state index contributed by atoms with van der Waals surface area (Å²) in [6.45, 7) is 5.33. The molecular weight excluding hydrogens is 280 g/mol. The van der Waals surface area contributed by atoms with Crippen molar-refractivity contribution in [2.24, 2.45) is 0 Å².